The maximum atomic E-state index is 11.7. The predicted octanol–water partition coefficient (Wildman–Crippen LogP) is 2.35. The van der Waals surface area contributed by atoms with Gasteiger partial charge in [-0.2, -0.15) is 11.8 Å². The minimum absolute atomic E-state index is 0.257. The summed E-state index contributed by atoms with van der Waals surface area (Å²) < 4.78 is 38.8. The zero-order chi connectivity index (χ0) is 11.3. The first-order valence-corrected chi connectivity index (χ1v) is 6.26. The number of hydrogen-bond donors (Lipinski definition) is 0. The number of ether oxygens (including phenoxy) is 1. The standard InChI is InChI=1S/C9H16F3NOS/c1-15-8-2-4-13(5-3-8)6-7-14-9(10,11)12/h8H,2-7H2,1H3. The molecule has 0 atom stereocenters. The molecule has 1 saturated heterocycles. The molecule has 0 saturated carbocycles. The van der Waals surface area contributed by atoms with Gasteiger partial charge in [-0.25, -0.2) is 0 Å². The van der Waals surface area contributed by atoms with Gasteiger partial charge in [0.1, 0.15) is 0 Å². The van der Waals surface area contributed by atoms with Gasteiger partial charge in [-0.1, -0.05) is 0 Å². The van der Waals surface area contributed by atoms with E-state index in [1.807, 2.05) is 16.7 Å². The summed E-state index contributed by atoms with van der Waals surface area (Å²) in [5, 5.41) is 0.671. The van der Waals surface area contributed by atoms with Crippen molar-refractivity contribution in [1.82, 2.24) is 4.90 Å². The normalized spacial score (nSPS) is 20.8. The van der Waals surface area contributed by atoms with Crippen LogP contribution in [0, 0.1) is 0 Å². The molecule has 6 heteroatoms. The van der Waals surface area contributed by atoms with E-state index in [-0.39, 0.29) is 6.61 Å². The molecule has 0 aromatic heterocycles. The zero-order valence-electron chi connectivity index (χ0n) is 8.72. The van der Waals surface area contributed by atoms with Crippen LogP contribution in [0.25, 0.3) is 0 Å². The van der Waals surface area contributed by atoms with Crippen LogP contribution in [0.1, 0.15) is 12.8 Å². The van der Waals surface area contributed by atoms with E-state index in [0.717, 1.165) is 25.9 Å². The molecular formula is C9H16F3NOS. The van der Waals surface area contributed by atoms with Crippen LogP contribution in [0.5, 0.6) is 0 Å². The average molecular weight is 243 g/mol. The molecule has 1 rings (SSSR count). The Bertz CT molecular complexity index is 181. The summed E-state index contributed by atoms with van der Waals surface area (Å²) in [6.07, 6.45) is -0.287. The first-order valence-electron chi connectivity index (χ1n) is 4.97. The Labute approximate surface area is 92.1 Å². The lowest BCUT2D eigenvalue weighted by Crippen LogP contribution is -2.37. The van der Waals surface area contributed by atoms with Gasteiger partial charge in [0.05, 0.1) is 6.61 Å². The molecule has 0 bridgehead atoms. The second-order valence-corrected chi connectivity index (χ2v) is 4.71. The Kier molecular flexibility index (Phi) is 5.22. The lowest BCUT2D eigenvalue weighted by Gasteiger charge is -2.30. The number of rotatable bonds is 4. The fraction of sp³-hybridized carbons (Fsp3) is 1.00. The first kappa shape index (κ1) is 13.1. The van der Waals surface area contributed by atoms with Gasteiger partial charge in [0.25, 0.3) is 0 Å². The molecular weight excluding hydrogens is 227 g/mol. The zero-order valence-corrected chi connectivity index (χ0v) is 9.53. The number of hydrogen-bond acceptors (Lipinski definition) is 3. The highest BCUT2D eigenvalue weighted by Gasteiger charge is 2.29. The Morgan fingerprint density at radius 2 is 1.93 bits per heavy atom. The van der Waals surface area contributed by atoms with Gasteiger partial charge < -0.3 is 4.90 Å². The van der Waals surface area contributed by atoms with Crippen LogP contribution in [-0.2, 0) is 4.74 Å². The van der Waals surface area contributed by atoms with Gasteiger partial charge >= 0.3 is 6.36 Å². The molecule has 90 valence electrons. The van der Waals surface area contributed by atoms with Crippen LogP contribution in [0.3, 0.4) is 0 Å². The predicted molar refractivity (Wildman–Crippen MR) is 55.0 cm³/mol. The van der Waals surface area contributed by atoms with Crippen molar-refractivity contribution < 1.29 is 17.9 Å². The van der Waals surface area contributed by atoms with E-state index in [1.165, 1.54) is 0 Å². The summed E-state index contributed by atoms with van der Waals surface area (Å²) in [7, 11) is 0. The second-order valence-electron chi connectivity index (χ2n) is 3.57. The molecule has 0 aromatic rings. The molecule has 2 nitrogen and oxygen atoms in total. The van der Waals surface area contributed by atoms with Gasteiger partial charge in [0, 0.05) is 11.8 Å². The summed E-state index contributed by atoms with van der Waals surface area (Å²) in [5.41, 5.74) is 0. The van der Waals surface area contributed by atoms with Crippen LogP contribution in [0.2, 0.25) is 0 Å². The van der Waals surface area contributed by atoms with E-state index in [1.54, 1.807) is 0 Å². The molecule has 0 N–H and O–H groups in total. The Morgan fingerprint density at radius 3 is 2.40 bits per heavy atom. The summed E-state index contributed by atoms with van der Waals surface area (Å²) in [6.45, 7) is 1.88. The van der Waals surface area contributed by atoms with Crippen LogP contribution in [0.4, 0.5) is 13.2 Å². The summed E-state index contributed by atoms with van der Waals surface area (Å²) in [4.78, 5) is 2.03. The molecule has 1 fully saturated rings. The Morgan fingerprint density at radius 1 is 1.33 bits per heavy atom. The third kappa shape index (κ3) is 5.63. The maximum absolute atomic E-state index is 11.7. The van der Waals surface area contributed by atoms with Gasteiger partial charge in [0.2, 0.25) is 0 Å². The molecule has 1 aliphatic rings. The molecule has 0 aliphatic carbocycles. The highest BCUT2D eigenvalue weighted by molar-refractivity contribution is 7.99. The van der Waals surface area contributed by atoms with Gasteiger partial charge in [-0.15, -0.1) is 13.2 Å². The third-order valence-corrected chi connectivity index (χ3v) is 3.68. The molecule has 0 aromatic carbocycles. The van der Waals surface area contributed by atoms with Crippen molar-refractivity contribution in [3.63, 3.8) is 0 Å². The van der Waals surface area contributed by atoms with E-state index < -0.39 is 6.36 Å². The van der Waals surface area contributed by atoms with Gasteiger partial charge in [-0.05, 0) is 32.2 Å². The minimum atomic E-state index is -4.49. The fourth-order valence-electron chi connectivity index (χ4n) is 1.66. The number of likely N-dealkylation sites (tertiary alicyclic amines) is 1. The summed E-state index contributed by atoms with van der Waals surface area (Å²) in [5.74, 6) is 0. The van der Waals surface area contributed by atoms with E-state index in [4.69, 9.17) is 0 Å². The quantitative estimate of drug-likeness (QED) is 0.752. The van der Waals surface area contributed by atoms with Crippen molar-refractivity contribution >= 4 is 11.8 Å². The smallest absolute Gasteiger partial charge is 0.301 e. The monoisotopic (exact) mass is 243 g/mol. The maximum Gasteiger partial charge on any atom is 0.522 e. The first-order chi connectivity index (χ1) is 7.01. The van der Waals surface area contributed by atoms with Gasteiger partial charge in [-0.3, -0.25) is 4.74 Å². The third-order valence-electron chi connectivity index (χ3n) is 2.54. The number of halogens is 3. The molecule has 0 unspecified atom stereocenters. The summed E-state index contributed by atoms with van der Waals surface area (Å²) >= 11 is 1.84. The Hall–Kier alpha value is 0.0600. The fourth-order valence-corrected chi connectivity index (χ4v) is 2.34. The molecule has 1 aliphatic heterocycles. The number of alkyl halides is 3. The highest BCUT2D eigenvalue weighted by Crippen LogP contribution is 2.21. The largest absolute Gasteiger partial charge is 0.522 e. The van der Waals surface area contributed by atoms with Crippen molar-refractivity contribution in [2.24, 2.45) is 0 Å². The van der Waals surface area contributed by atoms with E-state index in [0.29, 0.717) is 11.8 Å². The number of piperidine rings is 1. The van der Waals surface area contributed by atoms with Crippen LogP contribution in [-0.4, -0.2) is 49.0 Å². The second kappa shape index (κ2) is 5.96. The molecule has 0 radical (unpaired) electrons. The van der Waals surface area contributed by atoms with Crippen LogP contribution in [0.15, 0.2) is 0 Å². The Balaban J connectivity index is 2.09. The van der Waals surface area contributed by atoms with Crippen molar-refractivity contribution in [2.45, 2.75) is 24.5 Å². The minimum Gasteiger partial charge on any atom is -0.301 e. The molecule has 0 spiro atoms. The van der Waals surface area contributed by atoms with E-state index in [2.05, 4.69) is 11.0 Å². The van der Waals surface area contributed by atoms with Crippen molar-refractivity contribution in [2.75, 3.05) is 32.5 Å². The molecule has 1 heterocycles. The molecule has 15 heavy (non-hydrogen) atoms. The van der Waals surface area contributed by atoms with Crippen LogP contribution < -0.4 is 0 Å². The number of thioether (sulfide) groups is 1. The highest BCUT2D eigenvalue weighted by atomic mass is 32.2. The average Bonchev–Trinajstić information content (AvgIpc) is 2.17. The molecule has 0 amide bonds. The van der Waals surface area contributed by atoms with Gasteiger partial charge in [0.15, 0.2) is 0 Å². The van der Waals surface area contributed by atoms with Crippen molar-refractivity contribution in [3.8, 4) is 0 Å². The van der Waals surface area contributed by atoms with E-state index in [9.17, 15) is 13.2 Å². The van der Waals surface area contributed by atoms with Crippen molar-refractivity contribution in [3.05, 3.63) is 0 Å². The number of nitrogens with zero attached hydrogens (tertiary/aromatic N) is 1. The SMILES string of the molecule is CSC1CCN(CCOC(F)(F)F)CC1. The topological polar surface area (TPSA) is 12.5 Å². The van der Waals surface area contributed by atoms with Crippen molar-refractivity contribution in [1.29, 1.82) is 0 Å². The summed E-state index contributed by atoms with van der Waals surface area (Å²) in [6, 6.07) is 0. The van der Waals surface area contributed by atoms with E-state index >= 15 is 0 Å². The lowest BCUT2D eigenvalue weighted by molar-refractivity contribution is -0.325. The van der Waals surface area contributed by atoms with Crippen LogP contribution >= 0.6 is 11.8 Å². The lowest BCUT2D eigenvalue weighted by atomic mass is 10.1.